The van der Waals surface area contributed by atoms with Gasteiger partial charge < -0.3 is 0 Å². The molecule has 3 heteroatoms. The van der Waals surface area contributed by atoms with Crippen molar-refractivity contribution in [1.82, 2.24) is 0 Å². The molecule has 0 radical (unpaired) electrons. The molecule has 86 valence electrons. The molecule has 0 bridgehead atoms. The van der Waals surface area contributed by atoms with E-state index in [9.17, 15) is 0 Å². The van der Waals surface area contributed by atoms with Crippen molar-refractivity contribution in [3.05, 3.63) is 0 Å². The molecule has 1 aliphatic heterocycles. The first-order valence-electron chi connectivity index (χ1n) is 5.89. The van der Waals surface area contributed by atoms with Gasteiger partial charge in [0.05, 0.1) is 5.71 Å². The normalized spacial score (nSPS) is 21.4. The minimum Gasteiger partial charge on any atom is -0.163 e. The number of hydrogen-bond acceptors (Lipinski definition) is 3. The first-order valence-corrected chi connectivity index (χ1v) is 5.89. The fourth-order valence-electron chi connectivity index (χ4n) is 1.30. The second-order valence-corrected chi connectivity index (χ2v) is 5.44. The molecule has 1 fully saturated rings. The fourth-order valence-corrected chi connectivity index (χ4v) is 1.30. The predicted octanol–water partition coefficient (Wildman–Crippen LogP) is 3.91. The van der Waals surface area contributed by atoms with Gasteiger partial charge in [0.2, 0.25) is 0 Å². The molecule has 1 aliphatic carbocycles. The molecule has 0 atom stereocenters. The maximum atomic E-state index is 3.81. The number of nitrogens with zero attached hydrogens (tertiary/aromatic N) is 3. The van der Waals surface area contributed by atoms with Crippen LogP contribution < -0.4 is 0 Å². The van der Waals surface area contributed by atoms with E-state index in [1.807, 2.05) is 0 Å². The average molecular weight is 209 g/mol. The second kappa shape index (κ2) is 4.86. The highest BCUT2D eigenvalue weighted by Crippen LogP contribution is 2.50. The van der Waals surface area contributed by atoms with Crippen LogP contribution in [0.15, 0.2) is 15.4 Å². The van der Waals surface area contributed by atoms with E-state index in [1.165, 1.54) is 12.8 Å². The van der Waals surface area contributed by atoms with Crippen molar-refractivity contribution >= 4 is 5.71 Å². The van der Waals surface area contributed by atoms with E-state index >= 15 is 0 Å². The van der Waals surface area contributed by atoms with Gasteiger partial charge in [-0.3, -0.25) is 0 Å². The summed E-state index contributed by atoms with van der Waals surface area (Å²) in [6.07, 6.45) is 2.93. The Kier molecular flexibility index (Phi) is 4.00. The summed E-state index contributed by atoms with van der Waals surface area (Å²) in [5, 5.41) is 11.0. The molecule has 15 heavy (non-hydrogen) atoms. The number of rotatable bonds is 2. The molecule has 0 aromatic carbocycles. The van der Waals surface area contributed by atoms with Gasteiger partial charge in [-0.2, -0.15) is 5.11 Å². The van der Waals surface area contributed by atoms with E-state index in [4.69, 9.17) is 0 Å². The van der Waals surface area contributed by atoms with Gasteiger partial charge in [-0.1, -0.05) is 34.6 Å². The highest BCUT2D eigenvalue weighted by Gasteiger charge is 2.39. The van der Waals surface area contributed by atoms with Gasteiger partial charge >= 0.3 is 0 Å². The lowest BCUT2D eigenvalue weighted by molar-refractivity contribution is 0.397. The smallest absolute Gasteiger partial charge is 0.102 e. The largest absolute Gasteiger partial charge is 0.163 e. The van der Waals surface area contributed by atoms with E-state index in [2.05, 4.69) is 50.1 Å². The van der Waals surface area contributed by atoms with Crippen molar-refractivity contribution < 1.29 is 0 Å². The molecule has 0 saturated heterocycles. The quantitative estimate of drug-likeness (QED) is 0.661. The summed E-state index contributed by atoms with van der Waals surface area (Å²) >= 11 is 0. The van der Waals surface area contributed by atoms with Crippen molar-refractivity contribution in [2.45, 2.75) is 47.5 Å². The molecule has 0 N–H and O–H groups in total. The van der Waals surface area contributed by atoms with Crippen LogP contribution in [-0.2, 0) is 0 Å². The molecule has 2 rings (SSSR count). The topological polar surface area (TPSA) is 37.1 Å². The van der Waals surface area contributed by atoms with Crippen molar-refractivity contribution in [2.75, 3.05) is 6.54 Å². The van der Waals surface area contributed by atoms with Crippen molar-refractivity contribution in [3.8, 4) is 0 Å². The van der Waals surface area contributed by atoms with Gasteiger partial charge in [-0.25, -0.2) is 0 Å². The maximum Gasteiger partial charge on any atom is 0.102 e. The molecule has 1 saturated carbocycles. The Balaban J connectivity index is 0.000000151. The minimum atomic E-state index is 0.505. The molecular formula is C12H23N3. The summed E-state index contributed by atoms with van der Waals surface area (Å²) in [6.45, 7) is 11.9. The summed E-state index contributed by atoms with van der Waals surface area (Å²) in [5.41, 5.74) is 1.84. The summed E-state index contributed by atoms with van der Waals surface area (Å²) < 4.78 is 0. The lowest BCUT2D eigenvalue weighted by Gasteiger charge is -2.10. The highest BCUT2D eigenvalue weighted by atomic mass is 15.4. The Morgan fingerprint density at radius 2 is 1.73 bits per heavy atom. The molecule has 2 aliphatic rings. The van der Waals surface area contributed by atoms with E-state index < -0.39 is 0 Å². The molecule has 0 unspecified atom stereocenters. The zero-order valence-corrected chi connectivity index (χ0v) is 10.6. The van der Waals surface area contributed by atoms with Gasteiger partial charge in [-0.15, -0.1) is 5.10 Å². The molecule has 0 amide bonds. The van der Waals surface area contributed by atoms with Gasteiger partial charge in [-0.05, 0) is 35.3 Å². The lowest BCUT2D eigenvalue weighted by atomic mass is 9.95. The summed E-state index contributed by atoms with van der Waals surface area (Å²) in [6, 6.07) is 0. The van der Waals surface area contributed by atoms with Crippen molar-refractivity contribution in [3.63, 3.8) is 0 Å². The first-order chi connectivity index (χ1) is 6.96. The van der Waals surface area contributed by atoms with Crippen LogP contribution in [0.1, 0.15) is 47.5 Å². The Morgan fingerprint density at radius 1 is 1.13 bits per heavy atom. The third kappa shape index (κ3) is 3.73. The van der Waals surface area contributed by atoms with E-state index in [-0.39, 0.29) is 0 Å². The molecule has 0 aromatic rings. The van der Waals surface area contributed by atoms with Crippen molar-refractivity contribution in [2.24, 2.45) is 32.7 Å². The Hall–Kier alpha value is -0.730. The second-order valence-electron chi connectivity index (χ2n) is 5.44. The van der Waals surface area contributed by atoms with Crippen LogP contribution in [0.2, 0.25) is 0 Å². The minimum absolute atomic E-state index is 0.505. The number of hydrogen-bond donors (Lipinski definition) is 0. The van der Waals surface area contributed by atoms with Gasteiger partial charge in [0.25, 0.3) is 0 Å². The average Bonchev–Trinajstić information content (AvgIpc) is 2.70. The third-order valence-corrected chi connectivity index (χ3v) is 3.57. The highest BCUT2D eigenvalue weighted by molar-refractivity contribution is 5.88. The van der Waals surface area contributed by atoms with E-state index in [1.54, 1.807) is 0 Å². The van der Waals surface area contributed by atoms with E-state index in [0.717, 1.165) is 17.0 Å². The molecule has 1 heterocycles. The van der Waals surface area contributed by atoms with Crippen molar-refractivity contribution in [1.29, 1.82) is 0 Å². The molecule has 0 spiro atoms. The zero-order valence-electron chi connectivity index (χ0n) is 10.6. The van der Waals surface area contributed by atoms with Gasteiger partial charge in [0.1, 0.15) is 6.54 Å². The van der Waals surface area contributed by atoms with Crippen LogP contribution in [0.3, 0.4) is 0 Å². The Bertz CT molecular complexity index is 260. The van der Waals surface area contributed by atoms with Crippen LogP contribution in [-0.4, -0.2) is 12.3 Å². The monoisotopic (exact) mass is 209 g/mol. The maximum absolute atomic E-state index is 3.81. The van der Waals surface area contributed by atoms with Gasteiger partial charge in [0.15, 0.2) is 0 Å². The molecule has 0 aromatic heterocycles. The fraction of sp³-hybridized carbons (Fsp3) is 0.917. The lowest BCUT2D eigenvalue weighted by Crippen LogP contribution is -2.07. The summed E-state index contributed by atoms with van der Waals surface area (Å²) in [4.78, 5) is 0. The summed E-state index contributed by atoms with van der Waals surface area (Å²) in [5.74, 6) is 1.41. The van der Waals surface area contributed by atoms with Crippen LogP contribution in [0.5, 0.6) is 0 Å². The Labute approximate surface area is 93.1 Å². The molecule has 3 nitrogen and oxygen atoms in total. The van der Waals surface area contributed by atoms with E-state index in [0.29, 0.717) is 12.5 Å². The van der Waals surface area contributed by atoms with Gasteiger partial charge in [0, 0.05) is 0 Å². The van der Waals surface area contributed by atoms with Crippen LogP contribution in [0.25, 0.3) is 0 Å². The van der Waals surface area contributed by atoms with Crippen LogP contribution >= 0.6 is 0 Å². The summed E-state index contributed by atoms with van der Waals surface area (Å²) in [7, 11) is 0. The SMILES string of the molecule is CC(C)C1(C)CC1.CC(C)C1=NN=NC1. The molecular weight excluding hydrogens is 186 g/mol. The zero-order chi connectivity index (χ0) is 11.5. The Morgan fingerprint density at radius 3 is 1.87 bits per heavy atom. The predicted molar refractivity (Wildman–Crippen MR) is 64.2 cm³/mol. The first kappa shape index (κ1) is 12.3. The van der Waals surface area contributed by atoms with Crippen LogP contribution in [0, 0.1) is 17.3 Å². The third-order valence-electron chi connectivity index (χ3n) is 3.57. The standard InChI is InChI=1S/C7H14.C5H9N3/c1-6(2)7(3)4-5-7;1-4(2)5-3-6-8-7-5/h6H,4-5H2,1-3H3;4H,3H2,1-2H3. The van der Waals surface area contributed by atoms with Crippen LogP contribution in [0.4, 0.5) is 0 Å².